The summed E-state index contributed by atoms with van der Waals surface area (Å²) in [5.41, 5.74) is 0.545. The summed E-state index contributed by atoms with van der Waals surface area (Å²) in [7, 11) is 0. The average Bonchev–Trinajstić information content (AvgIpc) is 3.03. The van der Waals surface area contributed by atoms with Crippen molar-refractivity contribution >= 4 is 5.96 Å². The molecule has 2 aliphatic heterocycles. The van der Waals surface area contributed by atoms with Crippen LogP contribution in [-0.2, 0) is 6.54 Å². The largest absolute Gasteiger partial charge is 0.454 e. The highest BCUT2D eigenvalue weighted by molar-refractivity contribution is 5.81. The van der Waals surface area contributed by atoms with Gasteiger partial charge in [0.1, 0.15) is 5.75 Å². The lowest BCUT2D eigenvalue weighted by Gasteiger charge is -2.14. The molecular weight excluding hydrogens is 284 g/mol. The molecule has 0 amide bonds. The number of alkyl halides is 2. The van der Waals surface area contributed by atoms with Gasteiger partial charge in [0.25, 0.3) is 0 Å². The van der Waals surface area contributed by atoms with Crippen molar-refractivity contribution in [1.29, 1.82) is 0 Å². The van der Waals surface area contributed by atoms with Crippen molar-refractivity contribution in [3.63, 3.8) is 0 Å². The van der Waals surface area contributed by atoms with Crippen molar-refractivity contribution in [2.45, 2.75) is 26.1 Å². The van der Waals surface area contributed by atoms with E-state index >= 15 is 0 Å². The third kappa shape index (κ3) is 3.09. The minimum atomic E-state index is -2.90. The van der Waals surface area contributed by atoms with Crippen LogP contribution in [0.25, 0.3) is 0 Å². The van der Waals surface area contributed by atoms with Crippen LogP contribution in [0.3, 0.4) is 0 Å². The SMILES string of the molecule is CC1CN=C(NCc2cc3c(cc2OC(F)F)OCO3)N1. The molecule has 1 aromatic rings. The van der Waals surface area contributed by atoms with Gasteiger partial charge in [-0.2, -0.15) is 8.78 Å². The number of rotatable bonds is 4. The van der Waals surface area contributed by atoms with Crippen LogP contribution >= 0.6 is 0 Å². The smallest absolute Gasteiger partial charge is 0.387 e. The van der Waals surface area contributed by atoms with Crippen molar-refractivity contribution < 1.29 is 23.0 Å². The van der Waals surface area contributed by atoms with Crippen LogP contribution in [-0.4, -0.2) is 32.0 Å². The van der Waals surface area contributed by atoms with Crippen LogP contribution in [0.5, 0.6) is 17.2 Å². The lowest BCUT2D eigenvalue weighted by Crippen LogP contribution is -2.37. The molecule has 8 heteroatoms. The van der Waals surface area contributed by atoms with Crippen LogP contribution in [0.4, 0.5) is 8.78 Å². The highest BCUT2D eigenvalue weighted by Gasteiger charge is 2.20. The number of ether oxygens (including phenoxy) is 3. The predicted octanol–water partition coefficient (Wildman–Crippen LogP) is 1.45. The van der Waals surface area contributed by atoms with E-state index in [2.05, 4.69) is 20.4 Å². The minimum absolute atomic E-state index is 0.0633. The zero-order chi connectivity index (χ0) is 14.8. The maximum atomic E-state index is 12.5. The van der Waals surface area contributed by atoms with Gasteiger partial charge in [0.15, 0.2) is 17.5 Å². The van der Waals surface area contributed by atoms with Crippen molar-refractivity contribution in [2.75, 3.05) is 13.3 Å². The summed E-state index contributed by atoms with van der Waals surface area (Å²) in [4.78, 5) is 4.24. The second kappa shape index (κ2) is 5.63. The summed E-state index contributed by atoms with van der Waals surface area (Å²) in [5, 5.41) is 6.18. The quantitative estimate of drug-likeness (QED) is 0.881. The number of hydrogen-bond donors (Lipinski definition) is 2. The first kappa shape index (κ1) is 13.7. The standard InChI is InChI=1S/C13H15F2N3O3/c1-7-4-16-13(18-7)17-5-8-2-10-11(20-6-19-10)3-9(8)21-12(14)15/h2-3,7,12H,4-6H2,1H3,(H2,16,17,18). The maximum Gasteiger partial charge on any atom is 0.387 e. The summed E-state index contributed by atoms with van der Waals surface area (Å²) < 4.78 is 39.9. The number of aliphatic imine (C=N–C) groups is 1. The van der Waals surface area contributed by atoms with Crippen LogP contribution in [0.2, 0.25) is 0 Å². The van der Waals surface area contributed by atoms with E-state index in [0.717, 1.165) is 0 Å². The number of nitrogens with one attached hydrogen (secondary N) is 2. The van der Waals surface area contributed by atoms with Crippen LogP contribution in [0.15, 0.2) is 17.1 Å². The van der Waals surface area contributed by atoms with E-state index in [0.29, 0.717) is 29.6 Å². The van der Waals surface area contributed by atoms with Crippen molar-refractivity contribution in [3.8, 4) is 17.2 Å². The van der Waals surface area contributed by atoms with Gasteiger partial charge >= 0.3 is 6.61 Å². The van der Waals surface area contributed by atoms with Crippen LogP contribution in [0, 0.1) is 0 Å². The molecule has 0 fully saturated rings. The molecular formula is C13H15F2N3O3. The average molecular weight is 299 g/mol. The molecule has 2 heterocycles. The molecule has 0 spiro atoms. The molecule has 2 N–H and O–H groups in total. The summed E-state index contributed by atoms with van der Waals surface area (Å²) in [6.07, 6.45) is 0. The third-order valence-electron chi connectivity index (χ3n) is 3.12. The highest BCUT2D eigenvalue weighted by atomic mass is 19.3. The predicted molar refractivity (Wildman–Crippen MR) is 70.9 cm³/mol. The van der Waals surface area contributed by atoms with E-state index in [9.17, 15) is 8.78 Å². The molecule has 0 radical (unpaired) electrons. The molecule has 1 aromatic carbocycles. The Labute approximate surface area is 120 Å². The number of fused-ring (bicyclic) bond motifs is 1. The molecule has 1 unspecified atom stereocenters. The van der Waals surface area contributed by atoms with E-state index in [-0.39, 0.29) is 25.1 Å². The van der Waals surface area contributed by atoms with Gasteiger partial charge in [0, 0.05) is 24.2 Å². The zero-order valence-corrected chi connectivity index (χ0v) is 11.4. The second-order valence-corrected chi connectivity index (χ2v) is 4.78. The molecule has 114 valence electrons. The summed E-state index contributed by atoms with van der Waals surface area (Å²) in [6, 6.07) is 3.31. The van der Waals surface area contributed by atoms with Crippen LogP contribution < -0.4 is 24.8 Å². The number of benzene rings is 1. The third-order valence-corrected chi connectivity index (χ3v) is 3.12. The van der Waals surface area contributed by atoms with E-state index < -0.39 is 6.61 Å². The van der Waals surface area contributed by atoms with Crippen LogP contribution in [0.1, 0.15) is 12.5 Å². The van der Waals surface area contributed by atoms with Crippen molar-refractivity contribution in [2.24, 2.45) is 4.99 Å². The molecule has 3 rings (SSSR count). The lowest BCUT2D eigenvalue weighted by molar-refractivity contribution is -0.0505. The number of hydrogen-bond acceptors (Lipinski definition) is 6. The molecule has 2 aliphatic rings. The fourth-order valence-corrected chi connectivity index (χ4v) is 2.15. The topological polar surface area (TPSA) is 64.1 Å². The highest BCUT2D eigenvalue weighted by Crippen LogP contribution is 2.38. The Morgan fingerprint density at radius 1 is 1.43 bits per heavy atom. The van der Waals surface area contributed by atoms with Crippen molar-refractivity contribution in [1.82, 2.24) is 10.6 Å². The second-order valence-electron chi connectivity index (χ2n) is 4.78. The number of halogens is 2. The maximum absolute atomic E-state index is 12.5. The van der Waals surface area contributed by atoms with E-state index in [1.165, 1.54) is 6.07 Å². The molecule has 21 heavy (non-hydrogen) atoms. The Balaban J connectivity index is 1.76. The van der Waals surface area contributed by atoms with Gasteiger partial charge in [-0.25, -0.2) is 0 Å². The Bertz CT molecular complexity index is 566. The molecule has 0 bridgehead atoms. The first-order valence-electron chi connectivity index (χ1n) is 6.54. The van der Waals surface area contributed by atoms with Gasteiger partial charge in [0.05, 0.1) is 6.54 Å². The Morgan fingerprint density at radius 3 is 2.86 bits per heavy atom. The molecule has 0 aliphatic carbocycles. The molecule has 1 atom stereocenters. The Kier molecular flexibility index (Phi) is 3.68. The van der Waals surface area contributed by atoms with E-state index in [1.54, 1.807) is 6.07 Å². The molecule has 0 saturated heterocycles. The number of nitrogens with zero attached hydrogens (tertiary/aromatic N) is 1. The molecule has 0 saturated carbocycles. The summed E-state index contributed by atoms with van der Waals surface area (Å²) in [6.45, 7) is 0.156. The van der Waals surface area contributed by atoms with Gasteiger partial charge < -0.3 is 24.8 Å². The monoisotopic (exact) mass is 299 g/mol. The summed E-state index contributed by atoms with van der Waals surface area (Å²) in [5.74, 6) is 1.62. The first-order chi connectivity index (χ1) is 10.1. The Morgan fingerprint density at radius 2 is 2.19 bits per heavy atom. The fourth-order valence-electron chi connectivity index (χ4n) is 2.15. The number of guanidine groups is 1. The fraction of sp³-hybridized carbons (Fsp3) is 0.462. The summed E-state index contributed by atoms with van der Waals surface area (Å²) >= 11 is 0. The minimum Gasteiger partial charge on any atom is -0.454 e. The molecule has 6 nitrogen and oxygen atoms in total. The zero-order valence-electron chi connectivity index (χ0n) is 11.4. The van der Waals surface area contributed by atoms with Gasteiger partial charge in [-0.05, 0) is 13.0 Å². The van der Waals surface area contributed by atoms with E-state index in [4.69, 9.17) is 9.47 Å². The van der Waals surface area contributed by atoms with Crippen molar-refractivity contribution in [3.05, 3.63) is 17.7 Å². The van der Waals surface area contributed by atoms with Gasteiger partial charge in [-0.3, -0.25) is 4.99 Å². The lowest BCUT2D eigenvalue weighted by atomic mass is 10.1. The molecule has 0 aromatic heterocycles. The van der Waals surface area contributed by atoms with E-state index in [1.807, 2.05) is 6.92 Å². The van der Waals surface area contributed by atoms with Gasteiger partial charge in [0.2, 0.25) is 6.79 Å². The normalized spacial score (nSPS) is 19.4. The van der Waals surface area contributed by atoms with Gasteiger partial charge in [-0.15, -0.1) is 0 Å². The van der Waals surface area contributed by atoms with Gasteiger partial charge in [-0.1, -0.05) is 0 Å². The first-order valence-corrected chi connectivity index (χ1v) is 6.54. The Hall–Kier alpha value is -2.25.